The third-order valence-corrected chi connectivity index (χ3v) is 3.52. The van der Waals surface area contributed by atoms with Gasteiger partial charge < -0.3 is 5.32 Å². The zero-order chi connectivity index (χ0) is 12.3. The molecule has 0 aromatic heterocycles. The van der Waals surface area contributed by atoms with E-state index in [0.717, 1.165) is 25.9 Å². The topological polar surface area (TPSA) is 12.0 Å². The van der Waals surface area contributed by atoms with E-state index in [1.54, 1.807) is 0 Å². The molecule has 17 heavy (non-hydrogen) atoms. The Morgan fingerprint density at radius 2 is 1.76 bits per heavy atom. The summed E-state index contributed by atoms with van der Waals surface area (Å²) in [6.45, 7) is 1.70. The Balaban J connectivity index is 2.04. The van der Waals surface area contributed by atoms with Crippen molar-refractivity contribution in [3.63, 3.8) is 0 Å². The van der Waals surface area contributed by atoms with Crippen LogP contribution >= 0.6 is 11.6 Å². The summed E-state index contributed by atoms with van der Waals surface area (Å²) in [5.74, 6) is -2.63. The van der Waals surface area contributed by atoms with E-state index in [0.29, 0.717) is 5.02 Å². The maximum Gasteiger partial charge on any atom is 0.273 e. The first-order valence-electron chi connectivity index (χ1n) is 5.92. The van der Waals surface area contributed by atoms with Crippen LogP contribution < -0.4 is 5.32 Å². The van der Waals surface area contributed by atoms with E-state index in [1.165, 1.54) is 24.3 Å². The van der Waals surface area contributed by atoms with Crippen molar-refractivity contribution in [1.29, 1.82) is 0 Å². The molecule has 1 aromatic carbocycles. The van der Waals surface area contributed by atoms with Crippen LogP contribution in [0.25, 0.3) is 0 Å². The highest BCUT2D eigenvalue weighted by atomic mass is 35.5. The maximum atomic E-state index is 14.0. The Labute approximate surface area is 105 Å². The number of alkyl halides is 2. The lowest BCUT2D eigenvalue weighted by Gasteiger charge is -2.27. The highest BCUT2D eigenvalue weighted by molar-refractivity contribution is 6.30. The lowest BCUT2D eigenvalue weighted by molar-refractivity contribution is -0.0326. The molecule has 2 rings (SSSR count). The lowest BCUT2D eigenvalue weighted by Crippen LogP contribution is -2.30. The number of hydrogen-bond donors (Lipinski definition) is 1. The molecule has 0 atom stereocenters. The van der Waals surface area contributed by atoms with Crippen molar-refractivity contribution in [2.75, 3.05) is 13.1 Å². The van der Waals surface area contributed by atoms with Gasteiger partial charge in [-0.3, -0.25) is 0 Å². The van der Waals surface area contributed by atoms with Gasteiger partial charge in [-0.05, 0) is 44.0 Å². The van der Waals surface area contributed by atoms with Crippen molar-refractivity contribution < 1.29 is 8.78 Å². The van der Waals surface area contributed by atoms with Crippen LogP contribution in [0.4, 0.5) is 8.78 Å². The number of halogens is 3. The first kappa shape index (κ1) is 12.8. The molecule has 1 aromatic rings. The molecule has 1 saturated heterocycles. The fraction of sp³-hybridized carbons (Fsp3) is 0.538. The van der Waals surface area contributed by atoms with Crippen molar-refractivity contribution in [2.45, 2.75) is 25.2 Å². The molecule has 0 aliphatic carbocycles. The lowest BCUT2D eigenvalue weighted by atomic mass is 9.89. The van der Waals surface area contributed by atoms with Gasteiger partial charge in [-0.15, -0.1) is 0 Å². The third-order valence-electron chi connectivity index (χ3n) is 3.27. The zero-order valence-electron chi connectivity index (χ0n) is 9.56. The summed E-state index contributed by atoms with van der Waals surface area (Å²) in [6.07, 6.45) is 1.61. The number of rotatable bonds is 3. The minimum atomic E-state index is -2.74. The van der Waals surface area contributed by atoms with Gasteiger partial charge in [0.05, 0.1) is 0 Å². The van der Waals surface area contributed by atoms with Gasteiger partial charge in [0.15, 0.2) is 0 Å². The van der Waals surface area contributed by atoms with Crippen LogP contribution in [0.15, 0.2) is 24.3 Å². The Morgan fingerprint density at radius 1 is 1.18 bits per heavy atom. The molecule has 1 heterocycles. The molecule has 0 spiro atoms. The highest BCUT2D eigenvalue weighted by Gasteiger charge is 2.34. The fourth-order valence-corrected chi connectivity index (χ4v) is 2.39. The predicted molar refractivity (Wildman–Crippen MR) is 65.6 cm³/mol. The summed E-state index contributed by atoms with van der Waals surface area (Å²) in [7, 11) is 0. The molecule has 0 unspecified atom stereocenters. The minimum absolute atomic E-state index is 0.0592. The smallest absolute Gasteiger partial charge is 0.273 e. The summed E-state index contributed by atoms with van der Waals surface area (Å²) in [6, 6.07) is 5.88. The van der Waals surface area contributed by atoms with Crippen molar-refractivity contribution in [2.24, 2.45) is 5.92 Å². The average molecular weight is 260 g/mol. The van der Waals surface area contributed by atoms with Gasteiger partial charge in [-0.1, -0.05) is 23.7 Å². The number of hydrogen-bond acceptors (Lipinski definition) is 1. The van der Waals surface area contributed by atoms with Gasteiger partial charge in [0, 0.05) is 17.0 Å². The van der Waals surface area contributed by atoms with Crippen molar-refractivity contribution in [3.8, 4) is 0 Å². The van der Waals surface area contributed by atoms with Crippen molar-refractivity contribution in [3.05, 3.63) is 34.9 Å². The summed E-state index contributed by atoms with van der Waals surface area (Å²) >= 11 is 5.70. The number of benzene rings is 1. The van der Waals surface area contributed by atoms with Gasteiger partial charge in [0.25, 0.3) is 5.92 Å². The molecule has 0 saturated carbocycles. The summed E-state index contributed by atoms with van der Waals surface area (Å²) in [4.78, 5) is 0. The van der Waals surface area contributed by atoms with E-state index in [2.05, 4.69) is 5.32 Å². The van der Waals surface area contributed by atoms with E-state index in [4.69, 9.17) is 11.6 Å². The van der Waals surface area contributed by atoms with Crippen molar-refractivity contribution in [1.82, 2.24) is 5.32 Å². The monoisotopic (exact) mass is 259 g/mol. The first-order chi connectivity index (χ1) is 8.08. The Bertz CT molecular complexity index is 358. The van der Waals surface area contributed by atoms with Gasteiger partial charge >= 0.3 is 0 Å². The number of nitrogens with one attached hydrogen (secondary N) is 1. The Kier molecular flexibility index (Phi) is 4.00. The summed E-state index contributed by atoms with van der Waals surface area (Å²) < 4.78 is 28.0. The summed E-state index contributed by atoms with van der Waals surface area (Å²) in [5.41, 5.74) is 0.0698. The van der Waals surface area contributed by atoms with Crippen LogP contribution in [-0.2, 0) is 5.92 Å². The van der Waals surface area contributed by atoms with Crippen LogP contribution in [0.5, 0.6) is 0 Å². The molecule has 4 heteroatoms. The van der Waals surface area contributed by atoms with E-state index in [1.807, 2.05) is 0 Å². The zero-order valence-corrected chi connectivity index (χ0v) is 10.3. The van der Waals surface area contributed by atoms with E-state index < -0.39 is 5.92 Å². The van der Waals surface area contributed by atoms with Crippen molar-refractivity contribution >= 4 is 11.6 Å². The van der Waals surface area contributed by atoms with E-state index >= 15 is 0 Å². The van der Waals surface area contributed by atoms with Crippen LogP contribution in [0.3, 0.4) is 0 Å². The highest BCUT2D eigenvalue weighted by Crippen LogP contribution is 2.37. The summed E-state index contributed by atoms with van der Waals surface area (Å²) in [5, 5.41) is 3.68. The molecule has 0 radical (unpaired) electrons. The molecule has 1 fully saturated rings. The fourth-order valence-electron chi connectivity index (χ4n) is 2.26. The molecule has 1 aliphatic heterocycles. The Morgan fingerprint density at radius 3 is 2.35 bits per heavy atom. The van der Waals surface area contributed by atoms with Gasteiger partial charge in [0.1, 0.15) is 0 Å². The van der Waals surface area contributed by atoms with Crippen LogP contribution in [0.2, 0.25) is 5.02 Å². The normalized spacial score (nSPS) is 18.3. The molecule has 1 N–H and O–H groups in total. The SMILES string of the molecule is FC(F)(CC1CCNCC1)c1ccc(Cl)cc1. The quantitative estimate of drug-likeness (QED) is 0.870. The molecule has 0 bridgehead atoms. The predicted octanol–water partition coefficient (Wildman–Crippen LogP) is 3.82. The molecule has 94 valence electrons. The largest absolute Gasteiger partial charge is 0.317 e. The molecular formula is C13H16ClF2N. The van der Waals surface area contributed by atoms with Gasteiger partial charge in [-0.2, -0.15) is 0 Å². The standard InChI is InChI=1S/C13H16ClF2N/c14-12-3-1-11(2-4-12)13(15,16)9-10-5-7-17-8-6-10/h1-4,10,17H,5-9H2. The molecule has 0 amide bonds. The average Bonchev–Trinajstić information content (AvgIpc) is 2.30. The van der Waals surface area contributed by atoms with E-state index in [9.17, 15) is 8.78 Å². The van der Waals surface area contributed by atoms with Crippen LogP contribution in [0, 0.1) is 5.92 Å². The van der Waals surface area contributed by atoms with Gasteiger partial charge in [0.2, 0.25) is 0 Å². The number of piperidine rings is 1. The molecule has 1 nitrogen and oxygen atoms in total. The maximum absolute atomic E-state index is 14.0. The molecule has 1 aliphatic rings. The molecular weight excluding hydrogens is 244 g/mol. The Hall–Kier alpha value is -0.670. The van der Waals surface area contributed by atoms with Crippen LogP contribution in [-0.4, -0.2) is 13.1 Å². The first-order valence-corrected chi connectivity index (χ1v) is 6.30. The van der Waals surface area contributed by atoms with E-state index in [-0.39, 0.29) is 17.9 Å². The van der Waals surface area contributed by atoms with Crippen LogP contribution in [0.1, 0.15) is 24.8 Å². The second kappa shape index (κ2) is 5.32. The second-order valence-corrected chi connectivity index (χ2v) is 5.05. The minimum Gasteiger partial charge on any atom is -0.317 e. The second-order valence-electron chi connectivity index (χ2n) is 4.61. The third kappa shape index (κ3) is 3.39. The van der Waals surface area contributed by atoms with Gasteiger partial charge in [-0.25, -0.2) is 8.78 Å².